The summed E-state index contributed by atoms with van der Waals surface area (Å²) >= 11 is 6.12. The number of nitrogens with zero attached hydrogens (tertiary/aromatic N) is 3. The monoisotopic (exact) mass is 489 g/mol. The molecule has 1 aromatic heterocycles. The third kappa shape index (κ3) is 4.90. The number of methoxy groups -OCH3 is 1. The molecule has 0 aliphatic carbocycles. The van der Waals surface area contributed by atoms with Gasteiger partial charge < -0.3 is 19.0 Å². The molecule has 0 N–H and O–H groups in total. The highest BCUT2D eigenvalue weighted by Crippen LogP contribution is 2.35. The van der Waals surface area contributed by atoms with Crippen LogP contribution in [0.3, 0.4) is 0 Å². The number of ether oxygens (including phenoxy) is 1. The topological polar surface area (TPSA) is 92.9 Å². The zero-order chi connectivity index (χ0) is 23.6. The van der Waals surface area contributed by atoms with E-state index in [1.165, 1.54) is 7.11 Å². The van der Waals surface area contributed by atoms with Gasteiger partial charge >= 0.3 is 0 Å². The Kier molecular flexibility index (Phi) is 6.73. The molecule has 1 fully saturated rings. The van der Waals surface area contributed by atoms with E-state index < -0.39 is 9.84 Å². The van der Waals surface area contributed by atoms with Crippen molar-refractivity contribution in [2.75, 3.05) is 44.8 Å². The summed E-state index contributed by atoms with van der Waals surface area (Å²) < 4.78 is 38.0. The van der Waals surface area contributed by atoms with E-state index in [0.29, 0.717) is 36.8 Å². The summed E-state index contributed by atoms with van der Waals surface area (Å²) in [5, 5.41) is 0.332. The van der Waals surface area contributed by atoms with E-state index in [1.54, 1.807) is 58.3 Å². The minimum absolute atomic E-state index is 0.00821. The Hall–Kier alpha value is -2.88. The number of carbonyl (C=O) groups is 1. The molecule has 0 bridgehead atoms. The molecule has 0 atom stereocenters. The lowest BCUT2D eigenvalue weighted by Gasteiger charge is -2.34. The molecule has 0 radical (unpaired) electrons. The van der Waals surface area contributed by atoms with Crippen LogP contribution in [0.5, 0.6) is 0 Å². The lowest BCUT2D eigenvalue weighted by atomic mass is 10.2. The van der Waals surface area contributed by atoms with Crippen LogP contribution in [0.2, 0.25) is 5.02 Å². The van der Waals surface area contributed by atoms with Crippen LogP contribution in [0.4, 0.5) is 5.88 Å². The molecule has 33 heavy (non-hydrogen) atoms. The number of oxazole rings is 1. The van der Waals surface area contributed by atoms with E-state index >= 15 is 0 Å². The summed E-state index contributed by atoms with van der Waals surface area (Å²) in [6.07, 6.45) is 0. The van der Waals surface area contributed by atoms with Crippen molar-refractivity contribution in [1.29, 1.82) is 0 Å². The predicted molar refractivity (Wildman–Crippen MR) is 124 cm³/mol. The second-order valence-electron chi connectivity index (χ2n) is 7.76. The number of aryl methyl sites for hydroxylation is 1. The molecule has 4 rings (SSSR count). The first-order valence-corrected chi connectivity index (χ1v) is 12.3. The van der Waals surface area contributed by atoms with Gasteiger partial charge in [0.1, 0.15) is 6.61 Å². The van der Waals surface area contributed by atoms with E-state index in [4.69, 9.17) is 20.8 Å². The SMILES string of the molecule is COCC(=O)N1CCN(c2oc(-c3cccc(Cl)c3)nc2S(=O)(=O)c2ccc(C)cc2)CC1. The molecule has 1 aliphatic heterocycles. The highest BCUT2D eigenvalue weighted by Gasteiger charge is 2.33. The number of hydrogen-bond donors (Lipinski definition) is 0. The fourth-order valence-corrected chi connectivity index (χ4v) is 5.13. The van der Waals surface area contributed by atoms with Crippen molar-refractivity contribution in [3.8, 4) is 11.5 Å². The van der Waals surface area contributed by atoms with Crippen LogP contribution >= 0.6 is 11.6 Å². The summed E-state index contributed by atoms with van der Waals surface area (Å²) in [6.45, 7) is 3.53. The summed E-state index contributed by atoms with van der Waals surface area (Å²) in [6, 6.07) is 13.5. The van der Waals surface area contributed by atoms with Crippen LogP contribution in [0, 0.1) is 6.92 Å². The highest BCUT2D eigenvalue weighted by atomic mass is 35.5. The van der Waals surface area contributed by atoms with E-state index in [9.17, 15) is 13.2 Å². The van der Waals surface area contributed by atoms with Crippen molar-refractivity contribution >= 4 is 33.2 Å². The number of sulfone groups is 1. The fourth-order valence-electron chi connectivity index (χ4n) is 3.62. The summed E-state index contributed by atoms with van der Waals surface area (Å²) in [5.74, 6) is 0.210. The molecule has 2 heterocycles. The highest BCUT2D eigenvalue weighted by molar-refractivity contribution is 7.91. The van der Waals surface area contributed by atoms with Gasteiger partial charge in [-0.3, -0.25) is 4.79 Å². The molecular weight excluding hydrogens is 466 g/mol. The zero-order valence-corrected chi connectivity index (χ0v) is 19.9. The van der Waals surface area contributed by atoms with Crippen molar-refractivity contribution in [2.45, 2.75) is 16.8 Å². The maximum absolute atomic E-state index is 13.5. The van der Waals surface area contributed by atoms with E-state index in [0.717, 1.165) is 5.56 Å². The molecule has 0 spiro atoms. The molecule has 0 saturated carbocycles. The average molecular weight is 490 g/mol. The first-order chi connectivity index (χ1) is 15.8. The van der Waals surface area contributed by atoms with Gasteiger partial charge in [-0.25, -0.2) is 8.42 Å². The lowest BCUT2D eigenvalue weighted by Crippen LogP contribution is -2.49. The number of piperazine rings is 1. The van der Waals surface area contributed by atoms with Gasteiger partial charge in [0.2, 0.25) is 32.5 Å². The average Bonchev–Trinajstić information content (AvgIpc) is 3.26. The molecule has 1 saturated heterocycles. The molecule has 3 aromatic rings. The number of hydrogen-bond acceptors (Lipinski definition) is 7. The fraction of sp³-hybridized carbons (Fsp3) is 0.304. The number of benzene rings is 2. The smallest absolute Gasteiger partial charge is 0.248 e. The molecular formula is C23H24ClN3O5S. The first-order valence-electron chi connectivity index (χ1n) is 10.4. The molecule has 174 valence electrons. The summed E-state index contributed by atoms with van der Waals surface area (Å²) in [7, 11) is -2.48. The largest absolute Gasteiger partial charge is 0.419 e. The van der Waals surface area contributed by atoms with Crippen LogP contribution in [0.25, 0.3) is 11.5 Å². The van der Waals surface area contributed by atoms with Gasteiger partial charge in [-0.15, -0.1) is 0 Å². The predicted octanol–water partition coefficient (Wildman–Crippen LogP) is 3.43. The van der Waals surface area contributed by atoms with Gasteiger partial charge in [0, 0.05) is 43.9 Å². The molecule has 10 heteroatoms. The lowest BCUT2D eigenvalue weighted by molar-refractivity contribution is -0.135. The Morgan fingerprint density at radius 3 is 2.45 bits per heavy atom. The zero-order valence-electron chi connectivity index (χ0n) is 18.3. The minimum Gasteiger partial charge on any atom is -0.419 e. The van der Waals surface area contributed by atoms with E-state index in [2.05, 4.69) is 4.98 Å². The van der Waals surface area contributed by atoms with Crippen molar-refractivity contribution in [2.24, 2.45) is 0 Å². The Labute approximate surface area is 197 Å². The summed E-state index contributed by atoms with van der Waals surface area (Å²) in [5.41, 5.74) is 1.52. The van der Waals surface area contributed by atoms with Crippen LogP contribution in [-0.2, 0) is 19.4 Å². The van der Waals surface area contributed by atoms with Gasteiger partial charge in [-0.05, 0) is 37.3 Å². The van der Waals surface area contributed by atoms with Crippen LogP contribution in [0.1, 0.15) is 5.56 Å². The Balaban J connectivity index is 1.73. The standard InChI is InChI=1S/C23H24ClN3O5S/c1-16-6-8-19(9-7-16)33(29,30)22-23(27-12-10-26(11-13-27)20(28)15-31-2)32-21(25-22)17-4-3-5-18(24)14-17/h3-9,14H,10-13,15H2,1-2H3. The normalized spacial score (nSPS) is 14.5. The second kappa shape index (κ2) is 9.54. The quantitative estimate of drug-likeness (QED) is 0.523. The molecule has 1 aliphatic rings. The molecule has 8 nitrogen and oxygen atoms in total. The van der Waals surface area contributed by atoms with Crippen molar-refractivity contribution in [3.05, 3.63) is 59.1 Å². The number of aromatic nitrogens is 1. The van der Waals surface area contributed by atoms with Crippen LogP contribution < -0.4 is 4.90 Å². The number of carbonyl (C=O) groups excluding carboxylic acids is 1. The second-order valence-corrected chi connectivity index (χ2v) is 10.1. The number of halogens is 1. The maximum Gasteiger partial charge on any atom is 0.248 e. The van der Waals surface area contributed by atoms with Gasteiger partial charge in [0.25, 0.3) is 0 Å². The van der Waals surface area contributed by atoms with Gasteiger partial charge in [-0.2, -0.15) is 4.98 Å². The third-order valence-corrected chi connectivity index (χ3v) is 7.33. The summed E-state index contributed by atoms with van der Waals surface area (Å²) in [4.78, 5) is 20.2. The maximum atomic E-state index is 13.5. The van der Waals surface area contributed by atoms with Crippen molar-refractivity contribution < 1.29 is 22.4 Å². The number of rotatable bonds is 6. The molecule has 0 unspecified atom stereocenters. The Morgan fingerprint density at radius 1 is 1.12 bits per heavy atom. The Morgan fingerprint density at radius 2 is 1.82 bits per heavy atom. The van der Waals surface area contributed by atoms with E-state index in [1.807, 2.05) is 6.92 Å². The first kappa shape index (κ1) is 23.3. The van der Waals surface area contributed by atoms with Crippen LogP contribution in [0.15, 0.2) is 62.9 Å². The molecule has 1 amide bonds. The van der Waals surface area contributed by atoms with E-state index in [-0.39, 0.29) is 34.2 Å². The third-order valence-electron chi connectivity index (χ3n) is 5.42. The van der Waals surface area contributed by atoms with Crippen LogP contribution in [-0.4, -0.2) is 64.1 Å². The van der Waals surface area contributed by atoms with Gasteiger partial charge in [0.05, 0.1) is 4.90 Å². The van der Waals surface area contributed by atoms with Crippen molar-refractivity contribution in [1.82, 2.24) is 9.88 Å². The van der Waals surface area contributed by atoms with Gasteiger partial charge in [-0.1, -0.05) is 35.4 Å². The Bertz CT molecular complexity index is 1250. The molecule has 2 aromatic carbocycles. The number of anilines is 1. The number of amides is 1. The minimum atomic E-state index is -3.95. The van der Waals surface area contributed by atoms with Gasteiger partial charge in [0.15, 0.2) is 0 Å². The van der Waals surface area contributed by atoms with Crippen molar-refractivity contribution in [3.63, 3.8) is 0 Å².